The number of nitrogens with zero attached hydrogens (tertiary/aromatic N) is 2. The van der Waals surface area contributed by atoms with E-state index < -0.39 is 17.9 Å². The van der Waals surface area contributed by atoms with Crippen LogP contribution >= 0.6 is 0 Å². The fourth-order valence-electron chi connectivity index (χ4n) is 5.41. The van der Waals surface area contributed by atoms with Crippen LogP contribution < -0.4 is 0 Å². The molecule has 0 aromatic heterocycles. The maximum absolute atomic E-state index is 13.8. The van der Waals surface area contributed by atoms with Gasteiger partial charge in [0.2, 0.25) is 0 Å². The molecule has 0 unspecified atom stereocenters. The van der Waals surface area contributed by atoms with Crippen LogP contribution in [-0.2, 0) is 35.3 Å². The Morgan fingerprint density at radius 3 is 2.47 bits per heavy atom. The Balaban J connectivity index is 1.38. The number of oxime groups is 1. The molecule has 0 radical (unpaired) electrons. The van der Waals surface area contributed by atoms with Crippen LogP contribution in [0.2, 0.25) is 0 Å². The van der Waals surface area contributed by atoms with E-state index >= 15 is 0 Å². The monoisotopic (exact) mass is 532 g/mol. The molecule has 1 aliphatic carbocycles. The Bertz CT molecular complexity index is 1150. The summed E-state index contributed by atoms with van der Waals surface area (Å²) in [7, 11) is 0. The van der Waals surface area contributed by atoms with Crippen LogP contribution in [0.15, 0.2) is 41.6 Å². The third-order valence-corrected chi connectivity index (χ3v) is 7.49. The summed E-state index contributed by atoms with van der Waals surface area (Å²) in [6.07, 6.45) is -0.469. The van der Waals surface area contributed by atoms with E-state index in [1.54, 1.807) is 12.1 Å². The highest BCUT2D eigenvalue weighted by molar-refractivity contribution is 5.98. The largest absolute Gasteiger partial charge is 0.506 e. The highest BCUT2D eigenvalue weighted by Gasteiger charge is 2.36. The van der Waals surface area contributed by atoms with E-state index in [1.807, 2.05) is 25.1 Å². The molecule has 0 spiro atoms. The molecular weight excluding hydrogens is 497 g/mol. The van der Waals surface area contributed by atoms with Crippen LogP contribution in [0.4, 0.5) is 18.0 Å². The van der Waals surface area contributed by atoms with Crippen LogP contribution in [0, 0.1) is 0 Å². The number of hydrogen-bond donors (Lipinski definition) is 1. The number of halogens is 3. The van der Waals surface area contributed by atoms with Gasteiger partial charge < -0.3 is 14.7 Å². The van der Waals surface area contributed by atoms with Crippen molar-refractivity contribution in [2.24, 2.45) is 5.16 Å². The lowest BCUT2D eigenvalue weighted by atomic mass is 9.81. The minimum atomic E-state index is -4.40. The first kappa shape index (κ1) is 28.0. The Morgan fingerprint density at radius 1 is 1.08 bits per heavy atom. The molecule has 2 aliphatic rings. The minimum Gasteiger partial charge on any atom is -0.450 e. The number of hydrogen-bond acceptors (Lipinski definition) is 5. The Labute approximate surface area is 221 Å². The Kier molecular flexibility index (Phi) is 8.97. The molecule has 1 heterocycles. The van der Waals surface area contributed by atoms with E-state index in [0.29, 0.717) is 36.5 Å². The number of ether oxygens (including phenoxy) is 1. The van der Waals surface area contributed by atoms with E-state index in [9.17, 15) is 18.0 Å². The van der Waals surface area contributed by atoms with E-state index in [4.69, 9.17) is 14.7 Å². The second-order valence-electron chi connectivity index (χ2n) is 10.2. The SMILES string of the molecule is CCc1cc(/C(C)=N/OCc2ccc(C3CCCCC3)c(C(F)(F)F)c2)ccc1CN1CC(OC(=O)O)C1. The smallest absolute Gasteiger partial charge is 0.450 e. The van der Waals surface area contributed by atoms with Gasteiger partial charge in [-0.2, -0.15) is 13.2 Å². The molecule has 0 amide bonds. The van der Waals surface area contributed by atoms with Gasteiger partial charge in [0.1, 0.15) is 12.7 Å². The summed E-state index contributed by atoms with van der Waals surface area (Å²) in [5.41, 5.74) is 4.10. The molecule has 2 aromatic carbocycles. The highest BCUT2D eigenvalue weighted by Crippen LogP contribution is 2.41. The number of carboxylic acid groups (broad SMARTS) is 1. The number of alkyl halides is 3. The summed E-state index contributed by atoms with van der Waals surface area (Å²) in [5.74, 6) is -0.0352. The maximum Gasteiger partial charge on any atom is 0.506 e. The van der Waals surface area contributed by atoms with Gasteiger partial charge in [0.05, 0.1) is 11.3 Å². The van der Waals surface area contributed by atoms with Crippen molar-refractivity contribution >= 4 is 11.9 Å². The van der Waals surface area contributed by atoms with Gasteiger partial charge in [0.15, 0.2) is 0 Å². The molecule has 0 atom stereocenters. The molecule has 6 nitrogen and oxygen atoms in total. The third kappa shape index (κ3) is 7.07. The summed E-state index contributed by atoms with van der Waals surface area (Å²) >= 11 is 0. The van der Waals surface area contributed by atoms with Crippen molar-refractivity contribution in [2.45, 2.75) is 83.7 Å². The van der Waals surface area contributed by atoms with Gasteiger partial charge in [0.25, 0.3) is 0 Å². The molecule has 1 saturated heterocycles. The lowest BCUT2D eigenvalue weighted by Gasteiger charge is -2.38. The van der Waals surface area contributed by atoms with Crippen molar-refractivity contribution in [1.82, 2.24) is 4.90 Å². The van der Waals surface area contributed by atoms with Crippen LogP contribution in [0.1, 0.15) is 85.3 Å². The van der Waals surface area contributed by atoms with E-state index in [0.717, 1.165) is 55.2 Å². The van der Waals surface area contributed by atoms with Gasteiger partial charge in [-0.15, -0.1) is 0 Å². The van der Waals surface area contributed by atoms with E-state index in [-0.39, 0.29) is 18.6 Å². The van der Waals surface area contributed by atoms with Gasteiger partial charge in [-0.3, -0.25) is 4.90 Å². The highest BCUT2D eigenvalue weighted by atomic mass is 19.4. The standard InChI is InChI=1S/C29H35F3N2O4/c1-3-21-14-23(10-11-24(21)15-34-16-25(17-34)38-28(35)36)19(2)33-37-18-20-9-12-26(22-7-5-4-6-8-22)27(13-20)29(30,31)32/h9-14,22,25H,3-8,15-18H2,1-2H3,(H,35,36)/b33-19+. The summed E-state index contributed by atoms with van der Waals surface area (Å²) < 4.78 is 46.3. The zero-order valence-electron chi connectivity index (χ0n) is 21.9. The number of aryl methyl sites for hydroxylation is 1. The molecule has 1 N–H and O–H groups in total. The molecule has 2 aromatic rings. The quantitative estimate of drug-likeness (QED) is 0.211. The molecular formula is C29H35F3N2O4. The predicted molar refractivity (Wildman–Crippen MR) is 138 cm³/mol. The topological polar surface area (TPSA) is 71.4 Å². The van der Waals surface area contributed by atoms with Crippen molar-refractivity contribution in [1.29, 1.82) is 0 Å². The summed E-state index contributed by atoms with van der Waals surface area (Å²) in [4.78, 5) is 18.2. The zero-order chi connectivity index (χ0) is 27.3. The molecule has 1 saturated carbocycles. The van der Waals surface area contributed by atoms with Crippen molar-refractivity contribution in [3.63, 3.8) is 0 Å². The minimum absolute atomic E-state index is 0.0352. The third-order valence-electron chi connectivity index (χ3n) is 7.49. The van der Waals surface area contributed by atoms with Crippen molar-refractivity contribution in [2.75, 3.05) is 13.1 Å². The van der Waals surface area contributed by atoms with Crippen molar-refractivity contribution in [3.05, 3.63) is 69.8 Å². The zero-order valence-corrected chi connectivity index (χ0v) is 21.9. The summed E-state index contributed by atoms with van der Waals surface area (Å²) in [6, 6.07) is 10.6. The summed E-state index contributed by atoms with van der Waals surface area (Å²) in [6.45, 7) is 5.68. The fourth-order valence-corrected chi connectivity index (χ4v) is 5.41. The lowest BCUT2D eigenvalue weighted by molar-refractivity contribution is -0.138. The predicted octanol–water partition coefficient (Wildman–Crippen LogP) is 7.14. The molecule has 0 bridgehead atoms. The second kappa shape index (κ2) is 12.2. The second-order valence-corrected chi connectivity index (χ2v) is 10.2. The van der Waals surface area contributed by atoms with Gasteiger partial charge >= 0.3 is 12.3 Å². The van der Waals surface area contributed by atoms with Crippen LogP contribution in [0.25, 0.3) is 0 Å². The Hall–Kier alpha value is -3.07. The van der Waals surface area contributed by atoms with Crippen LogP contribution in [-0.4, -0.2) is 41.1 Å². The first-order valence-electron chi connectivity index (χ1n) is 13.2. The van der Waals surface area contributed by atoms with Crippen molar-refractivity contribution in [3.8, 4) is 0 Å². The lowest BCUT2D eigenvalue weighted by Crippen LogP contribution is -2.52. The fraction of sp³-hybridized carbons (Fsp3) is 0.517. The molecule has 2 fully saturated rings. The maximum atomic E-state index is 13.8. The number of benzene rings is 2. The average Bonchev–Trinajstić information content (AvgIpc) is 2.87. The van der Waals surface area contributed by atoms with Gasteiger partial charge in [-0.25, -0.2) is 4.79 Å². The van der Waals surface area contributed by atoms with Crippen LogP contribution in [0.5, 0.6) is 0 Å². The number of carbonyl (C=O) groups is 1. The van der Waals surface area contributed by atoms with Crippen LogP contribution in [0.3, 0.4) is 0 Å². The molecule has 1 aliphatic heterocycles. The first-order valence-corrected chi connectivity index (χ1v) is 13.2. The van der Waals surface area contributed by atoms with E-state index in [1.165, 1.54) is 6.07 Å². The first-order chi connectivity index (χ1) is 18.1. The average molecular weight is 533 g/mol. The molecule has 9 heteroatoms. The molecule has 206 valence electrons. The molecule has 38 heavy (non-hydrogen) atoms. The number of rotatable bonds is 9. The number of likely N-dealkylation sites (tertiary alicyclic amines) is 1. The normalized spacial score (nSPS) is 17.8. The van der Waals surface area contributed by atoms with Gasteiger partial charge in [-0.1, -0.05) is 55.6 Å². The van der Waals surface area contributed by atoms with Crippen molar-refractivity contribution < 1.29 is 32.6 Å². The Morgan fingerprint density at radius 2 is 1.82 bits per heavy atom. The summed E-state index contributed by atoms with van der Waals surface area (Å²) in [5, 5.41) is 12.9. The van der Waals surface area contributed by atoms with E-state index in [2.05, 4.69) is 17.0 Å². The van der Waals surface area contributed by atoms with Gasteiger partial charge in [0, 0.05) is 19.6 Å². The molecule has 4 rings (SSSR count). The van der Waals surface area contributed by atoms with Gasteiger partial charge in [-0.05, 0) is 72.1 Å².